The zero-order valence-electron chi connectivity index (χ0n) is 12.1. The number of rotatable bonds is 5. The third-order valence-corrected chi connectivity index (χ3v) is 4.75. The molecule has 0 radical (unpaired) electrons. The second-order valence-electron chi connectivity index (χ2n) is 5.21. The van der Waals surface area contributed by atoms with Crippen LogP contribution in [-0.2, 0) is 10.7 Å². The minimum atomic E-state index is -3.31. The largest absolute Gasteiger partial charge is 0.465 e. The number of benzene rings is 1. The van der Waals surface area contributed by atoms with E-state index in [1.54, 1.807) is 18.2 Å². The fraction of sp³-hybridized carbons (Fsp3) is 0.312. The van der Waals surface area contributed by atoms with Crippen LogP contribution in [0.3, 0.4) is 0 Å². The van der Waals surface area contributed by atoms with E-state index in [-0.39, 0.29) is 10.6 Å². The van der Waals surface area contributed by atoms with Gasteiger partial charge in [-0.3, -0.25) is 0 Å². The number of ether oxygens (including phenoxy) is 2. The van der Waals surface area contributed by atoms with Crippen LogP contribution in [0.4, 0.5) is 13.2 Å². The van der Waals surface area contributed by atoms with Gasteiger partial charge in [0.1, 0.15) is 10.6 Å². The van der Waals surface area contributed by atoms with E-state index in [1.807, 2.05) is 0 Å². The Morgan fingerprint density at radius 3 is 2.48 bits per heavy atom. The first kappa shape index (κ1) is 15.9. The molecule has 0 atom stereocenters. The molecule has 1 aliphatic carbocycles. The summed E-state index contributed by atoms with van der Waals surface area (Å²) in [6, 6.07) is 8.10. The summed E-state index contributed by atoms with van der Waals surface area (Å²) in [7, 11) is 1.10. The van der Waals surface area contributed by atoms with Crippen LogP contribution in [0.15, 0.2) is 30.3 Å². The van der Waals surface area contributed by atoms with Crippen molar-refractivity contribution < 1.29 is 27.4 Å². The summed E-state index contributed by atoms with van der Waals surface area (Å²) in [4.78, 5) is 10.7. The van der Waals surface area contributed by atoms with Gasteiger partial charge >= 0.3 is 5.97 Å². The van der Waals surface area contributed by atoms with Gasteiger partial charge in [-0.25, -0.2) is 18.0 Å². The third-order valence-electron chi connectivity index (χ3n) is 3.54. The topological polar surface area (TPSA) is 35.5 Å². The van der Waals surface area contributed by atoms with Crippen LogP contribution in [0.2, 0.25) is 0 Å². The number of carbonyl (C=O) groups is 1. The molecule has 7 heteroatoms. The van der Waals surface area contributed by atoms with Crippen molar-refractivity contribution in [2.45, 2.75) is 18.8 Å². The average molecular weight is 342 g/mol. The first-order valence-corrected chi connectivity index (χ1v) is 7.78. The lowest BCUT2D eigenvalue weighted by Gasteiger charge is -2.13. The lowest BCUT2D eigenvalue weighted by molar-refractivity contribution is -0.0279. The minimum absolute atomic E-state index is 0.246. The Hall–Kier alpha value is -2.02. The highest BCUT2D eigenvalue weighted by atomic mass is 32.1. The molecular formula is C16H13F3O3S. The Balaban J connectivity index is 2.05. The lowest BCUT2D eigenvalue weighted by atomic mass is 10.1. The Bertz CT molecular complexity index is 724. The van der Waals surface area contributed by atoms with Crippen molar-refractivity contribution in [2.75, 3.05) is 7.11 Å². The zero-order valence-corrected chi connectivity index (χ0v) is 13.0. The molecule has 0 bridgehead atoms. The van der Waals surface area contributed by atoms with Gasteiger partial charge in [-0.1, -0.05) is 18.2 Å². The highest BCUT2D eigenvalue weighted by Crippen LogP contribution is 2.54. The van der Waals surface area contributed by atoms with Gasteiger partial charge in [-0.2, -0.15) is 0 Å². The van der Waals surface area contributed by atoms with Gasteiger partial charge in [0.2, 0.25) is 0 Å². The van der Waals surface area contributed by atoms with Crippen LogP contribution in [-0.4, -0.2) is 13.1 Å². The van der Waals surface area contributed by atoms with Crippen LogP contribution in [0.5, 0.6) is 11.5 Å². The van der Waals surface area contributed by atoms with E-state index in [1.165, 1.54) is 12.1 Å². The monoisotopic (exact) mass is 342 g/mol. The van der Waals surface area contributed by atoms with Crippen LogP contribution >= 0.6 is 11.3 Å². The van der Waals surface area contributed by atoms with E-state index < -0.39 is 34.3 Å². The summed E-state index contributed by atoms with van der Waals surface area (Å²) in [6.45, 7) is 0. The highest BCUT2D eigenvalue weighted by Gasteiger charge is 2.52. The maximum absolute atomic E-state index is 14.6. The van der Waals surface area contributed by atoms with Gasteiger partial charge in [-0.15, -0.1) is 11.3 Å². The molecule has 122 valence electrons. The highest BCUT2D eigenvalue weighted by molar-refractivity contribution is 7.14. The molecule has 1 aromatic heterocycles. The van der Waals surface area contributed by atoms with Gasteiger partial charge in [0.15, 0.2) is 16.4 Å². The average Bonchev–Trinajstić information content (AvgIpc) is 3.35. The molecule has 0 amide bonds. The normalized spacial score (nSPS) is 14.6. The fourth-order valence-corrected chi connectivity index (χ4v) is 3.25. The Kier molecular flexibility index (Phi) is 4.06. The van der Waals surface area contributed by atoms with E-state index in [2.05, 4.69) is 4.74 Å². The summed E-state index contributed by atoms with van der Waals surface area (Å²) in [5, 5.41) is 0. The maximum Gasteiger partial charge on any atom is 0.352 e. The molecule has 0 spiro atoms. The first-order chi connectivity index (χ1) is 10.9. The predicted octanol–water partition coefficient (Wildman–Crippen LogP) is 4.97. The van der Waals surface area contributed by atoms with Gasteiger partial charge < -0.3 is 9.47 Å². The van der Waals surface area contributed by atoms with E-state index in [4.69, 9.17) is 4.74 Å². The van der Waals surface area contributed by atoms with Crippen molar-refractivity contribution in [2.24, 2.45) is 5.92 Å². The second-order valence-corrected chi connectivity index (χ2v) is 6.23. The SMILES string of the molecule is COC(=O)c1sc(C(F)(F)C2CC2)c(F)c1Oc1ccccc1. The second kappa shape index (κ2) is 5.88. The number of hydrogen-bond acceptors (Lipinski definition) is 4. The first-order valence-electron chi connectivity index (χ1n) is 6.97. The van der Waals surface area contributed by atoms with Gasteiger partial charge in [-0.05, 0) is 25.0 Å². The van der Waals surface area contributed by atoms with Crippen LogP contribution in [0, 0.1) is 11.7 Å². The maximum atomic E-state index is 14.6. The van der Waals surface area contributed by atoms with Gasteiger partial charge in [0.05, 0.1) is 7.11 Å². The van der Waals surface area contributed by atoms with Crippen molar-refractivity contribution in [3.63, 3.8) is 0 Å². The molecule has 0 unspecified atom stereocenters. The van der Waals surface area contributed by atoms with E-state index in [0.29, 0.717) is 24.2 Å². The molecule has 1 fully saturated rings. The van der Waals surface area contributed by atoms with Crippen LogP contribution in [0.25, 0.3) is 0 Å². The quantitative estimate of drug-likeness (QED) is 0.720. The minimum Gasteiger partial charge on any atom is -0.465 e. The number of thiophene rings is 1. The molecule has 3 nitrogen and oxygen atoms in total. The molecule has 1 aliphatic rings. The summed E-state index contributed by atoms with van der Waals surface area (Å²) in [6.07, 6.45) is 0.680. The number of hydrogen-bond donors (Lipinski definition) is 0. The molecule has 1 aromatic carbocycles. The van der Waals surface area contributed by atoms with Crippen molar-refractivity contribution in [1.29, 1.82) is 0 Å². The molecule has 2 aromatic rings. The molecule has 0 aliphatic heterocycles. The van der Waals surface area contributed by atoms with E-state index in [0.717, 1.165) is 7.11 Å². The number of alkyl halides is 2. The van der Waals surface area contributed by atoms with Crippen molar-refractivity contribution >= 4 is 17.3 Å². The number of halogens is 3. The number of esters is 1. The molecule has 1 heterocycles. The summed E-state index contributed by atoms with van der Waals surface area (Å²) < 4.78 is 53.0. The Labute approximate surface area is 134 Å². The third kappa shape index (κ3) is 2.93. The van der Waals surface area contributed by atoms with Crippen molar-refractivity contribution in [3.05, 3.63) is 45.9 Å². The fourth-order valence-electron chi connectivity index (χ4n) is 2.17. The standard InChI is InChI=1S/C16H13F3O3S/c1-21-15(20)13-12(22-10-5-3-2-4-6-10)11(17)14(23-13)16(18,19)9-7-8-9/h2-6,9H,7-8H2,1H3. The molecule has 23 heavy (non-hydrogen) atoms. The molecule has 1 saturated carbocycles. The van der Waals surface area contributed by atoms with E-state index in [9.17, 15) is 18.0 Å². The Morgan fingerprint density at radius 2 is 1.91 bits per heavy atom. The number of carbonyl (C=O) groups excluding carboxylic acids is 1. The van der Waals surface area contributed by atoms with Crippen molar-refractivity contribution in [1.82, 2.24) is 0 Å². The van der Waals surface area contributed by atoms with Crippen LogP contribution in [0.1, 0.15) is 27.4 Å². The van der Waals surface area contributed by atoms with Crippen molar-refractivity contribution in [3.8, 4) is 11.5 Å². The van der Waals surface area contributed by atoms with E-state index >= 15 is 0 Å². The Morgan fingerprint density at radius 1 is 1.26 bits per heavy atom. The summed E-state index contributed by atoms with van der Waals surface area (Å²) >= 11 is 0.389. The zero-order chi connectivity index (χ0) is 16.6. The van der Waals surface area contributed by atoms with Gasteiger partial charge in [0.25, 0.3) is 5.92 Å². The molecule has 3 rings (SSSR count). The predicted molar refractivity (Wildman–Crippen MR) is 78.8 cm³/mol. The summed E-state index contributed by atoms with van der Waals surface area (Å²) in [5.74, 6) is -6.56. The molecule has 0 N–H and O–H groups in total. The summed E-state index contributed by atoms with van der Waals surface area (Å²) in [5.41, 5.74) is 0. The molecular weight excluding hydrogens is 329 g/mol. The lowest BCUT2D eigenvalue weighted by Crippen LogP contribution is -2.15. The number of para-hydroxylation sites is 1. The van der Waals surface area contributed by atoms with Crippen LogP contribution < -0.4 is 4.74 Å². The smallest absolute Gasteiger partial charge is 0.352 e. The molecule has 0 saturated heterocycles. The van der Waals surface area contributed by atoms with Gasteiger partial charge in [0, 0.05) is 5.92 Å². The number of methoxy groups -OCH3 is 1.